The van der Waals surface area contributed by atoms with Crippen molar-refractivity contribution in [2.75, 3.05) is 0 Å². The number of hydrogen-bond donors (Lipinski definition) is 0. The van der Waals surface area contributed by atoms with E-state index in [4.69, 9.17) is 44.1 Å². The van der Waals surface area contributed by atoms with Crippen LogP contribution in [-0.2, 0) is 0 Å². The van der Waals surface area contributed by atoms with Gasteiger partial charge in [-0.25, -0.2) is 0 Å². The van der Waals surface area contributed by atoms with Crippen LogP contribution in [0, 0.1) is 0 Å². The zero-order valence-electron chi connectivity index (χ0n) is 2.84. The van der Waals surface area contributed by atoms with Gasteiger partial charge in [0.05, 0.1) is 0 Å². The molecule has 0 heterocycles. The summed E-state index contributed by atoms with van der Waals surface area (Å²) in [6.45, 7) is 0. The molecule has 0 amide bonds. The normalized spacial score (nSPS) is 16.4. The Balaban J connectivity index is 0. The zero-order valence-corrected chi connectivity index (χ0v) is 9.17. The van der Waals surface area contributed by atoms with Crippen molar-refractivity contribution in [1.29, 1.82) is 0 Å². The number of halogens is 5. The summed E-state index contributed by atoms with van der Waals surface area (Å²) in [6.07, 6.45) is 0. The van der Waals surface area contributed by atoms with Gasteiger partial charge < -0.3 is 5.48 Å². The van der Waals surface area contributed by atoms with E-state index in [9.17, 15) is 0 Å². The van der Waals surface area contributed by atoms with Gasteiger partial charge in [0.2, 0.25) is 0 Å². The molecule has 0 aliphatic rings. The molecule has 0 aromatic heterocycles. The molecule has 0 aliphatic carbocycles. The molecule has 7 heavy (non-hydrogen) atoms. The summed E-state index contributed by atoms with van der Waals surface area (Å²) in [6, 6.07) is 0. The van der Waals surface area contributed by atoms with Gasteiger partial charge in [-0.05, 0) is 0 Å². The van der Waals surface area contributed by atoms with Crippen LogP contribution >= 0.6 is 44.1 Å². The van der Waals surface area contributed by atoms with Crippen LogP contribution in [0.25, 0.3) is 0 Å². The van der Waals surface area contributed by atoms with E-state index in [2.05, 4.69) is 0 Å². The number of hydrogen-bond acceptors (Lipinski definition) is 0. The van der Waals surface area contributed by atoms with Crippen LogP contribution in [0.15, 0.2) is 0 Å². The van der Waals surface area contributed by atoms with E-state index in [1.807, 2.05) is 0 Å². The molecule has 0 atom stereocenters. The molecule has 2 N–H and O–H groups in total. The third-order valence-electron chi connectivity index (χ3n) is 0. The Labute approximate surface area is 60.6 Å². The Hall–Kier alpha value is 2.23. The summed E-state index contributed by atoms with van der Waals surface area (Å²) in [5, 5.41) is 0. The molecule has 0 radical (unpaired) electrons. The second kappa shape index (κ2) is 2.88. The number of rotatable bonds is 0. The molecule has 7 heteroatoms. The first-order valence-electron chi connectivity index (χ1n) is 0.845. The van der Waals surface area contributed by atoms with E-state index in [0.29, 0.717) is 0 Å². The average molecular weight is 317 g/mol. The SMILES string of the molecule is O.[Cl][Sb]([Cl])([Cl])([Cl])[Cl]. The van der Waals surface area contributed by atoms with Crippen LogP contribution in [0.3, 0.4) is 0 Å². The first-order valence-corrected chi connectivity index (χ1v) is 17.0. The maximum atomic E-state index is 5.05. The molecule has 0 spiro atoms. The van der Waals surface area contributed by atoms with Gasteiger partial charge in [-0.3, -0.25) is 0 Å². The van der Waals surface area contributed by atoms with Crippen LogP contribution < -0.4 is 0 Å². The van der Waals surface area contributed by atoms with Crippen molar-refractivity contribution in [3.8, 4) is 0 Å². The van der Waals surface area contributed by atoms with Crippen LogP contribution in [0.1, 0.15) is 0 Å². The predicted octanol–water partition coefficient (Wildman–Crippen LogP) is 2.24. The van der Waals surface area contributed by atoms with Crippen LogP contribution in [0.4, 0.5) is 0 Å². The molecule has 0 aliphatic heterocycles. The Kier molecular flexibility index (Phi) is 4.91. The van der Waals surface area contributed by atoms with Gasteiger partial charge in [0, 0.05) is 0 Å². The molecule has 0 bridgehead atoms. The van der Waals surface area contributed by atoms with E-state index >= 15 is 0 Å². The Bertz CT molecular complexity index is 41.3. The standard InChI is InChI=1S/5ClH.H2O.Sb/h5*1H;1H2;/q;;;;;;+5/p-5. The van der Waals surface area contributed by atoms with Gasteiger partial charge in [-0.15, -0.1) is 0 Å². The van der Waals surface area contributed by atoms with Gasteiger partial charge in [-0.2, -0.15) is 0 Å². The van der Waals surface area contributed by atoms with E-state index in [1.54, 1.807) is 0 Å². The van der Waals surface area contributed by atoms with Crippen molar-refractivity contribution in [1.82, 2.24) is 0 Å². The van der Waals surface area contributed by atoms with Crippen molar-refractivity contribution >= 4 is 55.8 Å². The molecule has 0 fully saturated rings. The van der Waals surface area contributed by atoms with Crippen molar-refractivity contribution in [2.45, 2.75) is 0 Å². The van der Waals surface area contributed by atoms with E-state index in [1.165, 1.54) is 0 Å². The summed E-state index contributed by atoms with van der Waals surface area (Å²) >= 11 is -4.33. The third kappa shape index (κ3) is 64.3. The fourth-order valence-electron chi connectivity index (χ4n) is 0. The van der Waals surface area contributed by atoms with Gasteiger partial charge in [0.1, 0.15) is 0 Å². The van der Waals surface area contributed by atoms with Crippen LogP contribution in [0.2, 0.25) is 0 Å². The predicted molar refractivity (Wildman–Crippen MR) is 38.6 cm³/mol. The molecular formula is H2Cl5OSb. The van der Waals surface area contributed by atoms with Gasteiger partial charge >= 0.3 is 55.8 Å². The second-order valence-electron chi connectivity index (χ2n) is 0.639. The minimum atomic E-state index is -4.33. The molecule has 0 aromatic rings. The summed E-state index contributed by atoms with van der Waals surface area (Å²) in [5.41, 5.74) is 0. The van der Waals surface area contributed by atoms with Crippen LogP contribution in [-0.4, -0.2) is 17.2 Å². The minimum absolute atomic E-state index is 0. The van der Waals surface area contributed by atoms with Crippen molar-refractivity contribution in [3.05, 3.63) is 0 Å². The Morgan fingerprint density at radius 2 is 0.714 bits per heavy atom. The van der Waals surface area contributed by atoms with Gasteiger partial charge in [0.25, 0.3) is 0 Å². The monoisotopic (exact) mass is 314 g/mol. The Morgan fingerprint density at radius 3 is 0.714 bits per heavy atom. The fraction of sp³-hybridized carbons (Fsp3) is 0. The second-order valence-corrected chi connectivity index (χ2v) is 38.6. The summed E-state index contributed by atoms with van der Waals surface area (Å²) in [5.74, 6) is 0. The topological polar surface area (TPSA) is 31.5 Å². The van der Waals surface area contributed by atoms with E-state index in [0.717, 1.165) is 0 Å². The van der Waals surface area contributed by atoms with Gasteiger partial charge in [-0.1, -0.05) is 0 Å². The molecular weight excluding hydrogens is 315 g/mol. The molecule has 0 rings (SSSR count). The molecule has 0 aromatic carbocycles. The maximum absolute atomic E-state index is 5.05. The van der Waals surface area contributed by atoms with E-state index < -0.39 is 11.7 Å². The first-order chi connectivity index (χ1) is 2.24. The molecule has 0 saturated heterocycles. The van der Waals surface area contributed by atoms with Crippen molar-refractivity contribution < 1.29 is 5.48 Å². The van der Waals surface area contributed by atoms with Crippen LogP contribution in [0.5, 0.6) is 0 Å². The summed E-state index contributed by atoms with van der Waals surface area (Å²) < 4.78 is 0. The van der Waals surface area contributed by atoms with Crippen molar-refractivity contribution in [2.24, 2.45) is 0 Å². The van der Waals surface area contributed by atoms with E-state index in [-0.39, 0.29) is 5.48 Å². The zero-order chi connectivity index (χ0) is 5.45. The molecule has 0 saturated carbocycles. The quantitative estimate of drug-likeness (QED) is 0.614. The van der Waals surface area contributed by atoms with Crippen molar-refractivity contribution in [3.63, 3.8) is 0 Å². The Morgan fingerprint density at radius 1 is 0.714 bits per heavy atom. The summed E-state index contributed by atoms with van der Waals surface area (Å²) in [7, 11) is 25.2. The fourth-order valence-corrected chi connectivity index (χ4v) is 0. The summed E-state index contributed by atoms with van der Waals surface area (Å²) in [4.78, 5) is 0. The molecule has 1 nitrogen and oxygen atoms in total. The molecule has 48 valence electrons. The third-order valence-corrected chi connectivity index (χ3v) is 0. The first kappa shape index (κ1) is 12.0. The molecule has 0 unspecified atom stereocenters. The van der Waals surface area contributed by atoms with Gasteiger partial charge in [0.15, 0.2) is 0 Å². The average Bonchev–Trinajstić information content (AvgIpc) is 0.650.